The molecule has 4 atom stereocenters. The zero-order chi connectivity index (χ0) is 12.5. The van der Waals surface area contributed by atoms with Crippen LogP contribution in [0.1, 0.15) is 37.8 Å². The molecule has 4 unspecified atom stereocenters. The maximum Gasteiger partial charge on any atom is 0.124 e. The van der Waals surface area contributed by atoms with Crippen LogP contribution in [0.15, 0.2) is 24.3 Å². The molecule has 0 aromatic heterocycles. The van der Waals surface area contributed by atoms with Gasteiger partial charge in [-0.2, -0.15) is 0 Å². The molecule has 1 aromatic rings. The molecule has 2 heterocycles. The smallest absolute Gasteiger partial charge is 0.124 e. The average Bonchev–Trinajstić information content (AvgIpc) is 3.01. The molecule has 1 aromatic carbocycles. The molecule has 2 aliphatic rings. The van der Waals surface area contributed by atoms with E-state index < -0.39 is 0 Å². The van der Waals surface area contributed by atoms with Gasteiger partial charge in [0.1, 0.15) is 5.75 Å². The largest absolute Gasteiger partial charge is 0.494 e. The highest BCUT2D eigenvalue weighted by atomic mass is 16.5. The van der Waals surface area contributed by atoms with Gasteiger partial charge in [0.15, 0.2) is 0 Å². The van der Waals surface area contributed by atoms with E-state index in [0.717, 1.165) is 17.7 Å². The van der Waals surface area contributed by atoms with Crippen molar-refractivity contribution in [2.24, 2.45) is 11.7 Å². The Morgan fingerprint density at radius 1 is 1.39 bits per heavy atom. The van der Waals surface area contributed by atoms with Crippen molar-refractivity contribution in [2.45, 2.75) is 44.4 Å². The monoisotopic (exact) mass is 247 g/mol. The minimum Gasteiger partial charge on any atom is -0.494 e. The van der Waals surface area contributed by atoms with Crippen LogP contribution in [0.4, 0.5) is 0 Å². The van der Waals surface area contributed by atoms with E-state index in [1.165, 1.54) is 12.8 Å². The summed E-state index contributed by atoms with van der Waals surface area (Å²) in [6.45, 7) is 2.68. The summed E-state index contributed by atoms with van der Waals surface area (Å²) in [6.07, 6.45) is 4.29. The molecule has 2 saturated heterocycles. The van der Waals surface area contributed by atoms with Gasteiger partial charge in [-0.15, -0.1) is 0 Å². The number of hydrogen-bond donors (Lipinski definition) is 1. The highest BCUT2D eigenvalue weighted by Gasteiger charge is 2.44. The maximum absolute atomic E-state index is 6.46. The lowest BCUT2D eigenvalue weighted by molar-refractivity contribution is 0.0883. The molecule has 0 spiro atoms. The second-order valence-electron chi connectivity index (χ2n) is 5.27. The number of rotatable bonds is 4. The van der Waals surface area contributed by atoms with E-state index >= 15 is 0 Å². The van der Waals surface area contributed by atoms with Crippen molar-refractivity contribution in [3.8, 4) is 5.75 Å². The Labute approximate surface area is 108 Å². The van der Waals surface area contributed by atoms with E-state index in [9.17, 15) is 0 Å². The molecule has 18 heavy (non-hydrogen) atoms. The highest BCUT2D eigenvalue weighted by Crippen LogP contribution is 2.45. The SMILES string of the molecule is CCOc1ccccc1C(N)C1CC2CCC1O2. The van der Waals surface area contributed by atoms with Crippen molar-refractivity contribution < 1.29 is 9.47 Å². The van der Waals surface area contributed by atoms with Crippen molar-refractivity contribution in [2.75, 3.05) is 6.61 Å². The zero-order valence-electron chi connectivity index (χ0n) is 10.8. The molecular weight excluding hydrogens is 226 g/mol. The number of ether oxygens (including phenoxy) is 2. The van der Waals surface area contributed by atoms with Crippen LogP contribution in [0.25, 0.3) is 0 Å². The van der Waals surface area contributed by atoms with E-state index in [-0.39, 0.29) is 6.04 Å². The van der Waals surface area contributed by atoms with E-state index in [1.807, 2.05) is 25.1 Å². The topological polar surface area (TPSA) is 44.5 Å². The second-order valence-corrected chi connectivity index (χ2v) is 5.27. The Balaban J connectivity index is 1.81. The first-order valence-corrected chi connectivity index (χ1v) is 6.92. The van der Waals surface area contributed by atoms with Gasteiger partial charge in [0.05, 0.1) is 18.8 Å². The van der Waals surface area contributed by atoms with E-state index in [1.54, 1.807) is 0 Å². The van der Waals surface area contributed by atoms with E-state index in [0.29, 0.717) is 24.7 Å². The van der Waals surface area contributed by atoms with Gasteiger partial charge in [-0.3, -0.25) is 0 Å². The molecule has 2 N–H and O–H groups in total. The zero-order valence-corrected chi connectivity index (χ0v) is 10.8. The van der Waals surface area contributed by atoms with Crippen LogP contribution in [0.5, 0.6) is 5.75 Å². The lowest BCUT2D eigenvalue weighted by Crippen LogP contribution is -2.29. The van der Waals surface area contributed by atoms with Gasteiger partial charge in [0.25, 0.3) is 0 Å². The predicted molar refractivity (Wildman–Crippen MR) is 70.5 cm³/mol. The summed E-state index contributed by atoms with van der Waals surface area (Å²) in [5.74, 6) is 1.38. The fourth-order valence-electron chi connectivity index (χ4n) is 3.33. The van der Waals surface area contributed by atoms with Gasteiger partial charge < -0.3 is 15.2 Å². The number of fused-ring (bicyclic) bond motifs is 2. The van der Waals surface area contributed by atoms with Crippen LogP contribution in [-0.2, 0) is 4.74 Å². The Bertz CT molecular complexity index is 421. The molecule has 2 bridgehead atoms. The molecule has 0 aliphatic carbocycles. The molecule has 0 saturated carbocycles. The minimum absolute atomic E-state index is 0.0306. The Hall–Kier alpha value is -1.06. The molecule has 0 amide bonds. The van der Waals surface area contributed by atoms with Crippen molar-refractivity contribution in [3.05, 3.63) is 29.8 Å². The number of para-hydroxylation sites is 1. The normalized spacial score (nSPS) is 31.6. The summed E-state index contributed by atoms with van der Waals surface area (Å²) in [4.78, 5) is 0. The van der Waals surface area contributed by atoms with Crippen LogP contribution >= 0.6 is 0 Å². The predicted octanol–water partition coefficient (Wildman–Crippen LogP) is 2.65. The number of nitrogens with two attached hydrogens (primary N) is 1. The van der Waals surface area contributed by atoms with Crippen molar-refractivity contribution in [1.82, 2.24) is 0 Å². The third-order valence-electron chi connectivity index (χ3n) is 4.19. The fraction of sp³-hybridized carbons (Fsp3) is 0.600. The molecule has 2 aliphatic heterocycles. The maximum atomic E-state index is 6.46. The van der Waals surface area contributed by atoms with Gasteiger partial charge in [0.2, 0.25) is 0 Å². The average molecular weight is 247 g/mol. The van der Waals surface area contributed by atoms with Crippen LogP contribution < -0.4 is 10.5 Å². The molecule has 0 radical (unpaired) electrons. The third kappa shape index (κ3) is 2.02. The van der Waals surface area contributed by atoms with Gasteiger partial charge in [-0.25, -0.2) is 0 Å². The van der Waals surface area contributed by atoms with Crippen molar-refractivity contribution in [3.63, 3.8) is 0 Å². The standard InChI is InChI=1S/C15H21NO2/c1-2-17-13-6-4-3-5-11(13)15(16)12-9-10-7-8-14(12)18-10/h3-6,10,12,14-15H,2,7-9,16H2,1H3. The first-order chi connectivity index (χ1) is 8.79. The minimum atomic E-state index is 0.0306. The summed E-state index contributed by atoms with van der Waals surface area (Å²) in [6, 6.07) is 8.15. The molecular formula is C15H21NO2. The molecule has 98 valence electrons. The van der Waals surface area contributed by atoms with Gasteiger partial charge in [-0.05, 0) is 32.3 Å². The summed E-state index contributed by atoms with van der Waals surface area (Å²) in [5.41, 5.74) is 7.58. The molecule has 2 fully saturated rings. The van der Waals surface area contributed by atoms with Crippen LogP contribution in [0, 0.1) is 5.92 Å². The number of benzene rings is 1. The van der Waals surface area contributed by atoms with Gasteiger partial charge in [0, 0.05) is 17.5 Å². The van der Waals surface area contributed by atoms with Gasteiger partial charge >= 0.3 is 0 Å². The summed E-state index contributed by atoms with van der Waals surface area (Å²) in [7, 11) is 0. The highest BCUT2D eigenvalue weighted by molar-refractivity contribution is 5.36. The summed E-state index contributed by atoms with van der Waals surface area (Å²) < 4.78 is 11.6. The lowest BCUT2D eigenvalue weighted by Gasteiger charge is -2.26. The van der Waals surface area contributed by atoms with Gasteiger partial charge in [-0.1, -0.05) is 18.2 Å². The first kappa shape index (κ1) is 12.0. The quantitative estimate of drug-likeness (QED) is 0.889. The van der Waals surface area contributed by atoms with Crippen LogP contribution in [0.2, 0.25) is 0 Å². The Kier molecular flexibility index (Phi) is 3.27. The van der Waals surface area contributed by atoms with Crippen molar-refractivity contribution >= 4 is 0 Å². The van der Waals surface area contributed by atoms with E-state index in [2.05, 4.69) is 6.07 Å². The first-order valence-electron chi connectivity index (χ1n) is 6.92. The van der Waals surface area contributed by atoms with E-state index in [4.69, 9.17) is 15.2 Å². The third-order valence-corrected chi connectivity index (χ3v) is 4.19. The Morgan fingerprint density at radius 3 is 2.89 bits per heavy atom. The Morgan fingerprint density at radius 2 is 2.22 bits per heavy atom. The van der Waals surface area contributed by atoms with Crippen LogP contribution in [0.3, 0.4) is 0 Å². The van der Waals surface area contributed by atoms with Crippen LogP contribution in [-0.4, -0.2) is 18.8 Å². The number of hydrogen-bond acceptors (Lipinski definition) is 3. The van der Waals surface area contributed by atoms with Crippen molar-refractivity contribution in [1.29, 1.82) is 0 Å². The second kappa shape index (κ2) is 4.90. The fourth-order valence-corrected chi connectivity index (χ4v) is 3.33. The molecule has 3 rings (SSSR count). The molecule has 3 nitrogen and oxygen atoms in total. The lowest BCUT2D eigenvalue weighted by atomic mass is 9.81. The summed E-state index contributed by atoms with van der Waals surface area (Å²) >= 11 is 0. The molecule has 3 heteroatoms. The summed E-state index contributed by atoms with van der Waals surface area (Å²) in [5, 5.41) is 0.